The second kappa shape index (κ2) is 5.86. The molecule has 0 radical (unpaired) electrons. The van der Waals surface area contributed by atoms with Crippen molar-refractivity contribution in [2.75, 3.05) is 13.1 Å². The van der Waals surface area contributed by atoms with Crippen LogP contribution in [-0.2, 0) is 0 Å². The van der Waals surface area contributed by atoms with E-state index in [4.69, 9.17) is 0 Å². The Hall–Kier alpha value is -0.0800. The van der Waals surface area contributed by atoms with Crippen molar-refractivity contribution in [1.29, 1.82) is 0 Å². The summed E-state index contributed by atoms with van der Waals surface area (Å²) in [6.45, 7) is 13.9. The van der Waals surface area contributed by atoms with Crippen molar-refractivity contribution < 1.29 is 0 Å². The highest BCUT2D eigenvalue weighted by molar-refractivity contribution is 4.86. The van der Waals surface area contributed by atoms with Crippen molar-refractivity contribution >= 4 is 0 Å². The summed E-state index contributed by atoms with van der Waals surface area (Å²) < 4.78 is 0. The lowest BCUT2D eigenvalue weighted by molar-refractivity contribution is 0.123. The third kappa shape index (κ3) is 4.12. The summed E-state index contributed by atoms with van der Waals surface area (Å²) in [6.07, 6.45) is 2.78. The van der Waals surface area contributed by atoms with Crippen LogP contribution in [0.2, 0.25) is 0 Å². The van der Waals surface area contributed by atoms with Gasteiger partial charge in [0.05, 0.1) is 0 Å². The van der Waals surface area contributed by atoms with Gasteiger partial charge < -0.3 is 5.32 Å². The summed E-state index contributed by atoms with van der Waals surface area (Å²) in [6, 6.07) is 2.18. The van der Waals surface area contributed by atoms with Crippen LogP contribution in [0, 0.1) is 5.92 Å². The van der Waals surface area contributed by atoms with Gasteiger partial charge in [0, 0.05) is 24.7 Å². The Morgan fingerprint density at radius 2 is 1.80 bits per heavy atom. The van der Waals surface area contributed by atoms with Crippen LogP contribution in [-0.4, -0.2) is 36.1 Å². The molecule has 0 bridgehead atoms. The molecule has 15 heavy (non-hydrogen) atoms. The van der Waals surface area contributed by atoms with Crippen LogP contribution in [0.5, 0.6) is 0 Å². The molecule has 1 atom stereocenters. The Bertz CT molecular complexity index is 173. The van der Waals surface area contributed by atoms with Crippen LogP contribution in [0.15, 0.2) is 0 Å². The minimum Gasteiger partial charge on any atom is -0.312 e. The predicted molar refractivity (Wildman–Crippen MR) is 67.2 cm³/mol. The Kier molecular flexibility index (Phi) is 5.07. The third-order valence-electron chi connectivity index (χ3n) is 3.42. The molecular weight excluding hydrogens is 184 g/mol. The maximum Gasteiger partial charge on any atom is 0.0246 e. The third-order valence-corrected chi connectivity index (χ3v) is 3.42. The first-order valence-corrected chi connectivity index (χ1v) is 6.55. The maximum absolute atomic E-state index is 3.67. The molecule has 1 unspecified atom stereocenters. The topological polar surface area (TPSA) is 15.3 Å². The zero-order valence-electron chi connectivity index (χ0n) is 11.1. The normalized spacial score (nSPS) is 19.2. The van der Waals surface area contributed by atoms with Crippen LogP contribution < -0.4 is 5.32 Å². The lowest BCUT2D eigenvalue weighted by Crippen LogP contribution is -2.49. The largest absolute Gasteiger partial charge is 0.312 e. The van der Waals surface area contributed by atoms with Crippen LogP contribution >= 0.6 is 0 Å². The van der Waals surface area contributed by atoms with Crippen molar-refractivity contribution in [2.45, 2.75) is 65.6 Å². The second-order valence-corrected chi connectivity index (χ2v) is 5.42. The van der Waals surface area contributed by atoms with E-state index in [1.165, 1.54) is 12.8 Å². The molecule has 1 rings (SSSR count). The number of hydrogen-bond donors (Lipinski definition) is 1. The summed E-state index contributed by atoms with van der Waals surface area (Å²) in [5, 5.41) is 3.67. The molecule has 0 spiro atoms. The van der Waals surface area contributed by atoms with Crippen LogP contribution in [0.3, 0.4) is 0 Å². The second-order valence-electron chi connectivity index (χ2n) is 5.42. The smallest absolute Gasteiger partial charge is 0.0246 e. The van der Waals surface area contributed by atoms with E-state index < -0.39 is 0 Å². The molecule has 1 aliphatic rings. The molecule has 1 saturated carbocycles. The van der Waals surface area contributed by atoms with Gasteiger partial charge in [-0.1, -0.05) is 20.8 Å². The minimum atomic E-state index is 0.656. The van der Waals surface area contributed by atoms with Crippen LogP contribution in [0.25, 0.3) is 0 Å². The quantitative estimate of drug-likeness (QED) is 0.697. The van der Waals surface area contributed by atoms with Gasteiger partial charge in [-0.2, -0.15) is 0 Å². The first kappa shape index (κ1) is 13.0. The van der Waals surface area contributed by atoms with Crippen LogP contribution in [0.1, 0.15) is 47.5 Å². The average Bonchev–Trinajstić information content (AvgIpc) is 2.94. The summed E-state index contributed by atoms with van der Waals surface area (Å²) >= 11 is 0. The molecule has 0 saturated heterocycles. The highest BCUT2D eigenvalue weighted by Crippen LogP contribution is 2.20. The monoisotopic (exact) mass is 212 g/mol. The molecular formula is C13H28N2. The SMILES string of the molecule is CCN(C(C)C)C(CNC1CC1)C(C)C. The molecule has 0 aromatic heterocycles. The standard InChI is InChI=1S/C13H28N2/c1-6-15(11(4)5)13(10(2)3)9-14-12-7-8-12/h10-14H,6-9H2,1-5H3. The Morgan fingerprint density at radius 3 is 2.13 bits per heavy atom. The van der Waals surface area contributed by atoms with Gasteiger partial charge in [0.1, 0.15) is 0 Å². The van der Waals surface area contributed by atoms with Gasteiger partial charge in [-0.25, -0.2) is 0 Å². The predicted octanol–water partition coefficient (Wildman–Crippen LogP) is 2.49. The van der Waals surface area contributed by atoms with E-state index >= 15 is 0 Å². The number of rotatable bonds is 7. The highest BCUT2D eigenvalue weighted by Gasteiger charge is 2.26. The van der Waals surface area contributed by atoms with Gasteiger partial charge >= 0.3 is 0 Å². The van der Waals surface area contributed by atoms with E-state index in [-0.39, 0.29) is 0 Å². The zero-order valence-corrected chi connectivity index (χ0v) is 11.1. The molecule has 0 amide bonds. The molecule has 1 fully saturated rings. The summed E-state index contributed by atoms with van der Waals surface area (Å²) in [4.78, 5) is 2.61. The molecule has 90 valence electrons. The zero-order chi connectivity index (χ0) is 11.4. The number of hydrogen-bond acceptors (Lipinski definition) is 2. The number of nitrogens with one attached hydrogen (secondary N) is 1. The van der Waals surface area contributed by atoms with E-state index in [9.17, 15) is 0 Å². The fraction of sp³-hybridized carbons (Fsp3) is 1.00. The summed E-state index contributed by atoms with van der Waals surface area (Å²) in [7, 11) is 0. The van der Waals surface area contributed by atoms with E-state index in [2.05, 4.69) is 44.8 Å². The lowest BCUT2D eigenvalue weighted by Gasteiger charge is -2.37. The average molecular weight is 212 g/mol. The number of likely N-dealkylation sites (N-methyl/N-ethyl adjacent to an activating group) is 1. The maximum atomic E-state index is 3.67. The van der Waals surface area contributed by atoms with Gasteiger partial charge in [-0.15, -0.1) is 0 Å². The Labute approximate surface area is 95.4 Å². The first-order valence-electron chi connectivity index (χ1n) is 6.55. The fourth-order valence-corrected chi connectivity index (χ4v) is 2.29. The Morgan fingerprint density at radius 1 is 1.20 bits per heavy atom. The fourth-order valence-electron chi connectivity index (χ4n) is 2.29. The molecule has 1 aliphatic carbocycles. The van der Waals surface area contributed by atoms with Gasteiger partial charge in [-0.3, -0.25) is 4.90 Å². The molecule has 2 nitrogen and oxygen atoms in total. The Balaban J connectivity index is 2.44. The highest BCUT2D eigenvalue weighted by atomic mass is 15.2. The van der Waals surface area contributed by atoms with Crippen molar-refractivity contribution in [3.05, 3.63) is 0 Å². The molecule has 0 aromatic carbocycles. The van der Waals surface area contributed by atoms with Gasteiger partial charge in [0.25, 0.3) is 0 Å². The van der Waals surface area contributed by atoms with E-state index in [0.29, 0.717) is 12.1 Å². The van der Waals surface area contributed by atoms with Crippen molar-refractivity contribution in [2.24, 2.45) is 5.92 Å². The van der Waals surface area contributed by atoms with E-state index in [0.717, 1.165) is 25.0 Å². The molecule has 0 heterocycles. The van der Waals surface area contributed by atoms with Gasteiger partial charge in [0.2, 0.25) is 0 Å². The minimum absolute atomic E-state index is 0.656. The van der Waals surface area contributed by atoms with Gasteiger partial charge in [-0.05, 0) is 39.2 Å². The first-order chi connectivity index (χ1) is 7.06. The molecule has 0 aliphatic heterocycles. The molecule has 0 aromatic rings. The summed E-state index contributed by atoms with van der Waals surface area (Å²) in [5.74, 6) is 0.735. The van der Waals surface area contributed by atoms with E-state index in [1.807, 2.05) is 0 Å². The van der Waals surface area contributed by atoms with Crippen molar-refractivity contribution in [3.63, 3.8) is 0 Å². The van der Waals surface area contributed by atoms with E-state index in [1.54, 1.807) is 0 Å². The van der Waals surface area contributed by atoms with Crippen molar-refractivity contribution in [1.82, 2.24) is 10.2 Å². The van der Waals surface area contributed by atoms with Crippen LogP contribution in [0.4, 0.5) is 0 Å². The molecule has 2 heteroatoms. The molecule has 1 N–H and O–H groups in total. The van der Waals surface area contributed by atoms with Gasteiger partial charge in [0.15, 0.2) is 0 Å². The lowest BCUT2D eigenvalue weighted by atomic mass is 10.0. The number of nitrogens with zero attached hydrogens (tertiary/aromatic N) is 1. The van der Waals surface area contributed by atoms with Crippen molar-refractivity contribution in [3.8, 4) is 0 Å². The summed E-state index contributed by atoms with van der Waals surface area (Å²) in [5.41, 5.74) is 0.